The molecule has 0 spiro atoms. The van der Waals surface area contributed by atoms with Crippen molar-refractivity contribution in [1.82, 2.24) is 10.6 Å². The number of hydrogen-bond acceptors (Lipinski definition) is 3. The quantitative estimate of drug-likeness (QED) is 0.698. The summed E-state index contributed by atoms with van der Waals surface area (Å²) in [5.41, 5.74) is 1.19. The minimum absolute atomic E-state index is 0.0943. The highest BCUT2D eigenvalue weighted by Gasteiger charge is 2.25. The molecule has 1 amide bonds. The van der Waals surface area contributed by atoms with Crippen LogP contribution in [0.25, 0.3) is 0 Å². The van der Waals surface area contributed by atoms with Gasteiger partial charge in [0.25, 0.3) is 0 Å². The minimum Gasteiger partial charge on any atom is -0.353 e. The van der Waals surface area contributed by atoms with Crippen molar-refractivity contribution >= 4 is 17.2 Å². The van der Waals surface area contributed by atoms with Gasteiger partial charge in [-0.15, -0.1) is 11.3 Å². The molecule has 13 heavy (non-hydrogen) atoms. The van der Waals surface area contributed by atoms with Gasteiger partial charge >= 0.3 is 0 Å². The minimum atomic E-state index is -0.131. The molecule has 4 heteroatoms. The van der Waals surface area contributed by atoms with Crippen LogP contribution in [-0.2, 0) is 4.79 Å². The van der Waals surface area contributed by atoms with Crippen LogP contribution < -0.4 is 10.6 Å². The molecule has 1 atom stereocenters. The SMILES string of the molecule is Cc1ccsc1C1NCCNC1=O. The van der Waals surface area contributed by atoms with Gasteiger partial charge in [-0.3, -0.25) is 10.1 Å². The van der Waals surface area contributed by atoms with Crippen LogP contribution in [0.4, 0.5) is 0 Å². The van der Waals surface area contributed by atoms with E-state index in [9.17, 15) is 4.79 Å². The number of nitrogens with one attached hydrogen (secondary N) is 2. The number of thiophene rings is 1. The smallest absolute Gasteiger partial charge is 0.242 e. The van der Waals surface area contributed by atoms with Crippen molar-refractivity contribution in [3.05, 3.63) is 21.9 Å². The van der Waals surface area contributed by atoms with E-state index in [1.807, 2.05) is 18.4 Å². The van der Waals surface area contributed by atoms with E-state index in [1.165, 1.54) is 5.56 Å². The van der Waals surface area contributed by atoms with E-state index in [4.69, 9.17) is 0 Å². The van der Waals surface area contributed by atoms with Crippen molar-refractivity contribution in [2.45, 2.75) is 13.0 Å². The number of hydrogen-bond donors (Lipinski definition) is 2. The summed E-state index contributed by atoms with van der Waals surface area (Å²) in [5, 5.41) is 8.09. The Hall–Kier alpha value is -0.870. The second-order valence-electron chi connectivity index (χ2n) is 3.15. The van der Waals surface area contributed by atoms with Gasteiger partial charge in [0.2, 0.25) is 5.91 Å². The fraction of sp³-hybridized carbons (Fsp3) is 0.444. The third kappa shape index (κ3) is 1.59. The highest BCUT2D eigenvalue weighted by molar-refractivity contribution is 7.10. The fourth-order valence-electron chi connectivity index (χ4n) is 1.49. The first-order chi connectivity index (χ1) is 6.29. The number of rotatable bonds is 1. The standard InChI is InChI=1S/C9H12N2OS/c1-6-2-5-13-8(6)7-9(12)11-4-3-10-7/h2,5,7,10H,3-4H2,1H3,(H,11,12). The monoisotopic (exact) mass is 196 g/mol. The lowest BCUT2D eigenvalue weighted by atomic mass is 10.1. The molecule has 2 N–H and O–H groups in total. The second kappa shape index (κ2) is 3.47. The summed E-state index contributed by atoms with van der Waals surface area (Å²) >= 11 is 1.64. The van der Waals surface area contributed by atoms with Crippen LogP contribution in [0.5, 0.6) is 0 Å². The Morgan fingerprint density at radius 1 is 1.54 bits per heavy atom. The first kappa shape index (κ1) is 8.72. The van der Waals surface area contributed by atoms with Gasteiger partial charge in [-0.2, -0.15) is 0 Å². The molecule has 70 valence electrons. The van der Waals surface area contributed by atoms with E-state index in [0.717, 1.165) is 18.0 Å². The zero-order valence-corrected chi connectivity index (χ0v) is 8.28. The van der Waals surface area contributed by atoms with Crippen LogP contribution in [0.2, 0.25) is 0 Å². The van der Waals surface area contributed by atoms with Gasteiger partial charge < -0.3 is 5.32 Å². The topological polar surface area (TPSA) is 41.1 Å². The molecule has 0 bridgehead atoms. The molecule has 0 aliphatic carbocycles. The van der Waals surface area contributed by atoms with Crippen molar-refractivity contribution in [2.24, 2.45) is 0 Å². The van der Waals surface area contributed by atoms with Crippen LogP contribution in [-0.4, -0.2) is 19.0 Å². The Morgan fingerprint density at radius 3 is 3.00 bits per heavy atom. The van der Waals surface area contributed by atoms with Crippen LogP contribution in [0.1, 0.15) is 16.5 Å². The first-order valence-electron chi connectivity index (χ1n) is 4.34. The van der Waals surface area contributed by atoms with Crippen molar-refractivity contribution in [2.75, 3.05) is 13.1 Å². The maximum absolute atomic E-state index is 11.5. The van der Waals surface area contributed by atoms with Crippen LogP contribution in [0, 0.1) is 6.92 Å². The summed E-state index contributed by atoms with van der Waals surface area (Å²) in [4.78, 5) is 12.6. The lowest BCUT2D eigenvalue weighted by molar-refractivity contribution is -0.124. The molecule has 1 saturated heterocycles. The average Bonchev–Trinajstić information content (AvgIpc) is 2.52. The molecular weight excluding hydrogens is 184 g/mol. The van der Waals surface area contributed by atoms with Gasteiger partial charge in [0.1, 0.15) is 6.04 Å². The normalized spacial score (nSPS) is 22.8. The predicted molar refractivity (Wildman–Crippen MR) is 52.8 cm³/mol. The maximum atomic E-state index is 11.5. The highest BCUT2D eigenvalue weighted by Crippen LogP contribution is 2.24. The second-order valence-corrected chi connectivity index (χ2v) is 4.09. The third-order valence-electron chi connectivity index (χ3n) is 2.20. The number of carbonyl (C=O) groups is 1. The number of aryl methyl sites for hydroxylation is 1. The summed E-state index contributed by atoms with van der Waals surface area (Å²) < 4.78 is 0. The van der Waals surface area contributed by atoms with Gasteiger partial charge in [0.15, 0.2) is 0 Å². The van der Waals surface area contributed by atoms with Gasteiger partial charge in [-0.1, -0.05) is 0 Å². The maximum Gasteiger partial charge on any atom is 0.242 e. The molecule has 1 aromatic heterocycles. The van der Waals surface area contributed by atoms with Crippen molar-refractivity contribution in [3.63, 3.8) is 0 Å². The Balaban J connectivity index is 2.24. The Morgan fingerprint density at radius 2 is 2.38 bits per heavy atom. The number of amides is 1. The number of carbonyl (C=O) groups excluding carboxylic acids is 1. The lowest BCUT2D eigenvalue weighted by Crippen LogP contribution is -2.47. The molecule has 2 heterocycles. The summed E-state index contributed by atoms with van der Waals surface area (Å²) in [7, 11) is 0. The number of piperazine rings is 1. The zero-order chi connectivity index (χ0) is 9.26. The highest BCUT2D eigenvalue weighted by atomic mass is 32.1. The van der Waals surface area contributed by atoms with Crippen LogP contribution >= 0.6 is 11.3 Å². The van der Waals surface area contributed by atoms with Crippen LogP contribution in [0.3, 0.4) is 0 Å². The van der Waals surface area contributed by atoms with E-state index < -0.39 is 0 Å². The van der Waals surface area contributed by atoms with Crippen molar-refractivity contribution in [3.8, 4) is 0 Å². The Labute approximate surface area is 81.2 Å². The summed E-state index contributed by atoms with van der Waals surface area (Å²) in [5.74, 6) is 0.0943. The van der Waals surface area contributed by atoms with Gasteiger partial charge in [0.05, 0.1) is 0 Å². The Bertz CT molecular complexity index is 321. The van der Waals surface area contributed by atoms with E-state index >= 15 is 0 Å². The average molecular weight is 196 g/mol. The molecule has 0 radical (unpaired) electrons. The van der Waals surface area contributed by atoms with Crippen LogP contribution in [0.15, 0.2) is 11.4 Å². The molecule has 0 saturated carbocycles. The largest absolute Gasteiger partial charge is 0.353 e. The van der Waals surface area contributed by atoms with Crippen molar-refractivity contribution in [1.29, 1.82) is 0 Å². The first-order valence-corrected chi connectivity index (χ1v) is 5.22. The molecule has 0 aromatic carbocycles. The molecule has 1 aliphatic rings. The summed E-state index contributed by atoms with van der Waals surface area (Å²) in [6.07, 6.45) is 0. The predicted octanol–water partition coefficient (Wildman–Crippen LogP) is 0.817. The van der Waals surface area contributed by atoms with E-state index in [0.29, 0.717) is 0 Å². The molecule has 1 unspecified atom stereocenters. The lowest BCUT2D eigenvalue weighted by Gasteiger charge is -2.23. The summed E-state index contributed by atoms with van der Waals surface area (Å²) in [6.45, 7) is 3.63. The van der Waals surface area contributed by atoms with Gasteiger partial charge in [-0.25, -0.2) is 0 Å². The van der Waals surface area contributed by atoms with E-state index in [-0.39, 0.29) is 11.9 Å². The van der Waals surface area contributed by atoms with E-state index in [1.54, 1.807) is 11.3 Å². The fourth-order valence-corrected chi connectivity index (χ4v) is 2.49. The third-order valence-corrected chi connectivity index (χ3v) is 3.28. The molecule has 3 nitrogen and oxygen atoms in total. The van der Waals surface area contributed by atoms with Gasteiger partial charge in [0, 0.05) is 18.0 Å². The molecule has 1 aromatic rings. The molecule has 1 fully saturated rings. The van der Waals surface area contributed by atoms with Crippen molar-refractivity contribution < 1.29 is 4.79 Å². The van der Waals surface area contributed by atoms with Gasteiger partial charge in [-0.05, 0) is 23.9 Å². The molecule has 1 aliphatic heterocycles. The zero-order valence-electron chi connectivity index (χ0n) is 7.46. The van der Waals surface area contributed by atoms with E-state index in [2.05, 4.69) is 10.6 Å². The molecule has 2 rings (SSSR count). The Kier molecular flexibility index (Phi) is 2.33. The summed E-state index contributed by atoms with van der Waals surface area (Å²) in [6, 6.07) is 1.91. The molecular formula is C9H12N2OS.